The Bertz CT molecular complexity index is 1160. The lowest BCUT2D eigenvalue weighted by atomic mass is 9.96. The Hall–Kier alpha value is -3.22. The lowest BCUT2D eigenvalue weighted by Crippen LogP contribution is -2.51. The number of aromatic nitrogens is 3. The van der Waals surface area contributed by atoms with Crippen LogP contribution in [0.25, 0.3) is 11.0 Å². The summed E-state index contributed by atoms with van der Waals surface area (Å²) in [5, 5.41) is 11.6. The fourth-order valence-corrected chi connectivity index (χ4v) is 4.15. The first-order valence-corrected chi connectivity index (χ1v) is 12.2. The minimum absolute atomic E-state index is 0.0437. The summed E-state index contributed by atoms with van der Waals surface area (Å²) >= 11 is 0. The molecule has 7 heteroatoms. The fourth-order valence-electron chi connectivity index (χ4n) is 4.15. The van der Waals surface area contributed by atoms with Crippen molar-refractivity contribution in [2.75, 3.05) is 0 Å². The molecule has 1 heterocycles. The van der Waals surface area contributed by atoms with Gasteiger partial charge in [-0.2, -0.15) is 0 Å². The van der Waals surface area contributed by atoms with Gasteiger partial charge in [0.05, 0.1) is 5.52 Å². The second kappa shape index (κ2) is 9.57. The third-order valence-corrected chi connectivity index (χ3v) is 6.72. The predicted octanol–water partition coefficient (Wildman–Crippen LogP) is 4.59. The van der Waals surface area contributed by atoms with E-state index in [1.54, 1.807) is 9.58 Å². The van der Waals surface area contributed by atoms with Crippen LogP contribution in [0.1, 0.15) is 77.0 Å². The van der Waals surface area contributed by atoms with Gasteiger partial charge in [-0.3, -0.25) is 9.59 Å². The highest BCUT2D eigenvalue weighted by Crippen LogP contribution is 2.36. The van der Waals surface area contributed by atoms with Gasteiger partial charge in [0, 0.05) is 11.6 Å². The van der Waals surface area contributed by atoms with Crippen LogP contribution in [0.4, 0.5) is 0 Å². The molecule has 0 spiro atoms. The van der Waals surface area contributed by atoms with Crippen molar-refractivity contribution in [1.29, 1.82) is 0 Å². The van der Waals surface area contributed by atoms with Crippen LogP contribution in [0.3, 0.4) is 0 Å². The molecule has 0 radical (unpaired) electrons. The number of amides is 2. The molecule has 1 aliphatic carbocycles. The number of nitrogens with zero attached hydrogens (tertiary/aromatic N) is 4. The minimum Gasteiger partial charge on any atom is -0.349 e. The highest BCUT2D eigenvalue weighted by atomic mass is 16.2. The van der Waals surface area contributed by atoms with Crippen molar-refractivity contribution in [3.8, 4) is 0 Å². The summed E-state index contributed by atoms with van der Waals surface area (Å²) in [6.45, 7) is 10.4. The van der Waals surface area contributed by atoms with Crippen LogP contribution in [0, 0.1) is 0 Å². The Morgan fingerprint density at radius 3 is 2.35 bits per heavy atom. The van der Waals surface area contributed by atoms with Crippen LogP contribution >= 0.6 is 0 Å². The Labute approximate surface area is 201 Å². The van der Waals surface area contributed by atoms with Gasteiger partial charge in [-0.1, -0.05) is 62.4 Å². The van der Waals surface area contributed by atoms with Gasteiger partial charge in [-0.15, -0.1) is 5.10 Å². The Kier molecular flexibility index (Phi) is 6.73. The van der Waals surface area contributed by atoms with Gasteiger partial charge in [-0.25, -0.2) is 4.68 Å². The predicted molar refractivity (Wildman–Crippen MR) is 133 cm³/mol. The van der Waals surface area contributed by atoms with Gasteiger partial charge in [-0.05, 0) is 62.3 Å². The third kappa shape index (κ3) is 5.13. The molecule has 1 fully saturated rings. The van der Waals surface area contributed by atoms with E-state index in [2.05, 4.69) is 41.6 Å². The monoisotopic (exact) mass is 461 g/mol. The van der Waals surface area contributed by atoms with Crippen molar-refractivity contribution in [2.45, 2.75) is 84.0 Å². The zero-order valence-electron chi connectivity index (χ0n) is 20.8. The molecule has 0 unspecified atom stereocenters. The maximum atomic E-state index is 13.7. The smallest absolute Gasteiger partial charge is 0.247 e. The first kappa shape index (κ1) is 23.9. The molecule has 0 aliphatic heterocycles. The Morgan fingerprint density at radius 1 is 1.09 bits per heavy atom. The normalized spacial score (nSPS) is 14.9. The quantitative estimate of drug-likeness (QED) is 0.505. The summed E-state index contributed by atoms with van der Waals surface area (Å²) < 4.78 is 1.62. The maximum absolute atomic E-state index is 13.7. The first-order valence-electron chi connectivity index (χ1n) is 12.2. The van der Waals surface area contributed by atoms with E-state index in [1.165, 1.54) is 5.56 Å². The molecule has 0 saturated heterocycles. The molecule has 1 aromatic heterocycles. The van der Waals surface area contributed by atoms with Crippen LogP contribution in [0.5, 0.6) is 0 Å². The first-order chi connectivity index (χ1) is 16.2. The average Bonchev–Trinajstić information content (AvgIpc) is 3.57. The summed E-state index contributed by atoms with van der Waals surface area (Å²) in [7, 11) is 0. The highest BCUT2D eigenvalue weighted by molar-refractivity contribution is 5.90. The Morgan fingerprint density at radius 2 is 1.74 bits per heavy atom. The van der Waals surface area contributed by atoms with Gasteiger partial charge < -0.3 is 10.2 Å². The number of hydrogen-bond acceptors (Lipinski definition) is 4. The molecule has 1 atom stereocenters. The third-order valence-electron chi connectivity index (χ3n) is 6.72. The summed E-state index contributed by atoms with van der Waals surface area (Å²) in [5.74, 6) is 0.121. The van der Waals surface area contributed by atoms with E-state index in [9.17, 15) is 9.59 Å². The number of para-hydroxylation sites is 1. The van der Waals surface area contributed by atoms with Crippen LogP contribution < -0.4 is 5.32 Å². The van der Waals surface area contributed by atoms with E-state index in [0.717, 1.165) is 35.9 Å². The average molecular weight is 462 g/mol. The van der Waals surface area contributed by atoms with Crippen LogP contribution in [-0.2, 0) is 16.1 Å². The highest BCUT2D eigenvalue weighted by Gasteiger charge is 2.42. The van der Waals surface area contributed by atoms with Crippen LogP contribution in [0.15, 0.2) is 48.5 Å². The summed E-state index contributed by atoms with van der Waals surface area (Å²) in [5.41, 5.74) is 3.22. The standard InChI is InChI=1S/C27H35N5O2/c1-6-27(4,5)28-26(34)25(20-13-11-19(12-14-20)18(2)3)32(21-15-16-21)24(33)17-31-23-10-8-7-9-22(23)29-30-31/h7-14,18,21,25H,6,15-17H2,1-5H3,(H,28,34)/t25-/m0/s1. The SMILES string of the molecule is CCC(C)(C)NC(=O)[C@H](c1ccc(C(C)C)cc1)N(C(=O)Cn1nnc2ccccc21)C1CC1. The largest absolute Gasteiger partial charge is 0.349 e. The maximum Gasteiger partial charge on any atom is 0.247 e. The van der Waals surface area contributed by atoms with Crippen molar-refractivity contribution in [1.82, 2.24) is 25.2 Å². The van der Waals surface area contributed by atoms with Gasteiger partial charge >= 0.3 is 0 Å². The van der Waals surface area contributed by atoms with E-state index in [-0.39, 0.29) is 29.9 Å². The van der Waals surface area contributed by atoms with Crippen molar-refractivity contribution in [2.24, 2.45) is 0 Å². The van der Waals surface area contributed by atoms with E-state index in [0.29, 0.717) is 5.92 Å². The number of rotatable bonds is 9. The molecule has 2 amide bonds. The van der Waals surface area contributed by atoms with Gasteiger partial charge in [0.25, 0.3) is 0 Å². The molecule has 1 N–H and O–H groups in total. The van der Waals surface area contributed by atoms with E-state index in [1.807, 2.05) is 57.2 Å². The van der Waals surface area contributed by atoms with Crippen molar-refractivity contribution in [3.05, 3.63) is 59.7 Å². The van der Waals surface area contributed by atoms with Crippen molar-refractivity contribution >= 4 is 22.8 Å². The Balaban J connectivity index is 1.69. The molecular formula is C27H35N5O2. The number of benzene rings is 2. The summed E-state index contributed by atoms with van der Waals surface area (Å²) in [6.07, 6.45) is 2.59. The van der Waals surface area contributed by atoms with Gasteiger partial charge in [0.15, 0.2) is 0 Å². The molecule has 34 heavy (non-hydrogen) atoms. The van der Waals surface area contributed by atoms with E-state index < -0.39 is 6.04 Å². The molecule has 2 aromatic carbocycles. The molecule has 1 saturated carbocycles. The van der Waals surface area contributed by atoms with Crippen molar-refractivity contribution in [3.63, 3.8) is 0 Å². The minimum atomic E-state index is -0.693. The second-order valence-electron chi connectivity index (χ2n) is 10.2. The molecule has 0 bridgehead atoms. The zero-order valence-corrected chi connectivity index (χ0v) is 20.8. The molecule has 4 rings (SSSR count). The molecular weight excluding hydrogens is 426 g/mol. The van der Waals surface area contributed by atoms with Gasteiger partial charge in [0.2, 0.25) is 11.8 Å². The van der Waals surface area contributed by atoms with E-state index >= 15 is 0 Å². The van der Waals surface area contributed by atoms with Gasteiger partial charge in [0.1, 0.15) is 18.1 Å². The molecule has 3 aromatic rings. The topological polar surface area (TPSA) is 80.1 Å². The molecule has 7 nitrogen and oxygen atoms in total. The number of hydrogen-bond donors (Lipinski definition) is 1. The van der Waals surface area contributed by atoms with E-state index in [4.69, 9.17) is 0 Å². The second-order valence-corrected chi connectivity index (χ2v) is 10.2. The number of carbonyl (C=O) groups is 2. The lowest BCUT2D eigenvalue weighted by molar-refractivity contribution is -0.143. The van der Waals surface area contributed by atoms with Crippen LogP contribution in [-0.4, -0.2) is 43.3 Å². The molecule has 1 aliphatic rings. The van der Waals surface area contributed by atoms with Crippen molar-refractivity contribution < 1.29 is 9.59 Å². The summed E-state index contributed by atoms with van der Waals surface area (Å²) in [4.78, 5) is 29.2. The fraction of sp³-hybridized carbons (Fsp3) is 0.481. The number of nitrogens with one attached hydrogen (secondary N) is 1. The zero-order chi connectivity index (χ0) is 24.5. The summed E-state index contributed by atoms with van der Waals surface area (Å²) in [6, 6.07) is 15.1. The van der Waals surface area contributed by atoms with Crippen LogP contribution in [0.2, 0.25) is 0 Å². The number of carbonyl (C=O) groups excluding carboxylic acids is 2. The number of fused-ring (bicyclic) bond motifs is 1. The molecule has 180 valence electrons. The lowest BCUT2D eigenvalue weighted by Gasteiger charge is -2.35.